The minimum Gasteiger partial charge on any atom is -0.482 e. The molecule has 1 saturated heterocycles. The molecule has 0 spiro atoms. The summed E-state index contributed by atoms with van der Waals surface area (Å²) in [6.07, 6.45) is -0.819. The zero-order valence-electron chi connectivity index (χ0n) is 17.0. The number of carbonyl (C=O) groups excluding carboxylic acids is 3. The summed E-state index contributed by atoms with van der Waals surface area (Å²) in [5, 5.41) is 11.5. The molecular weight excluding hydrogens is 396 g/mol. The van der Waals surface area contributed by atoms with E-state index in [1.54, 1.807) is 38.1 Å². The van der Waals surface area contributed by atoms with E-state index in [1.807, 2.05) is 0 Å². The molecular formula is C20H26N2O8. The highest BCUT2D eigenvalue weighted by atomic mass is 16.6. The van der Waals surface area contributed by atoms with Crippen molar-refractivity contribution in [1.82, 2.24) is 10.2 Å². The van der Waals surface area contributed by atoms with Gasteiger partial charge >= 0.3 is 12.1 Å². The van der Waals surface area contributed by atoms with E-state index in [0.717, 1.165) is 0 Å². The van der Waals surface area contributed by atoms with Gasteiger partial charge in [0.1, 0.15) is 12.4 Å². The third kappa shape index (κ3) is 7.03. The first kappa shape index (κ1) is 23.1. The highest BCUT2D eigenvalue weighted by molar-refractivity contribution is 6.01. The molecule has 1 aliphatic heterocycles. The normalized spacial score (nSPS) is 16.6. The highest BCUT2D eigenvalue weighted by Crippen LogP contribution is 2.14. The van der Waals surface area contributed by atoms with E-state index in [4.69, 9.17) is 19.3 Å². The lowest BCUT2D eigenvalue weighted by molar-refractivity contribution is -0.145. The molecule has 0 radical (unpaired) electrons. The van der Waals surface area contributed by atoms with Gasteiger partial charge in [0, 0.05) is 12.1 Å². The third-order valence-corrected chi connectivity index (χ3v) is 4.44. The van der Waals surface area contributed by atoms with Gasteiger partial charge in [-0.2, -0.15) is 0 Å². The lowest BCUT2D eigenvalue weighted by Gasteiger charge is -2.16. The van der Waals surface area contributed by atoms with Gasteiger partial charge in [-0.15, -0.1) is 0 Å². The average molecular weight is 422 g/mol. The Morgan fingerprint density at radius 3 is 2.50 bits per heavy atom. The van der Waals surface area contributed by atoms with Gasteiger partial charge in [-0.1, -0.05) is 0 Å². The second-order valence-corrected chi connectivity index (χ2v) is 6.72. The molecule has 0 bridgehead atoms. The largest absolute Gasteiger partial charge is 0.482 e. The first-order valence-corrected chi connectivity index (χ1v) is 9.61. The number of carbonyl (C=O) groups is 4. The minimum atomic E-state index is -1.01. The van der Waals surface area contributed by atoms with Crippen LogP contribution in [0.25, 0.3) is 0 Å². The first-order valence-electron chi connectivity index (χ1n) is 9.61. The number of hydrogen-bond acceptors (Lipinski definition) is 7. The number of ketones is 1. The molecule has 1 fully saturated rings. The van der Waals surface area contributed by atoms with Crippen LogP contribution in [0.3, 0.4) is 0 Å². The Kier molecular flexibility index (Phi) is 8.60. The number of nitrogens with zero attached hydrogens (tertiary/aromatic N) is 1. The van der Waals surface area contributed by atoms with Crippen LogP contribution in [0, 0.1) is 0 Å². The Morgan fingerprint density at radius 2 is 1.90 bits per heavy atom. The van der Waals surface area contributed by atoms with Gasteiger partial charge in [0.25, 0.3) is 0 Å². The quantitative estimate of drug-likeness (QED) is 0.423. The van der Waals surface area contributed by atoms with E-state index < -0.39 is 24.0 Å². The fourth-order valence-electron chi connectivity index (χ4n) is 2.89. The first-order chi connectivity index (χ1) is 14.3. The summed E-state index contributed by atoms with van der Waals surface area (Å²) in [5.74, 6) is -0.821. The number of amides is 2. The maximum Gasteiger partial charge on any atom is 0.407 e. The summed E-state index contributed by atoms with van der Waals surface area (Å²) in [6, 6.07) is 5.42. The van der Waals surface area contributed by atoms with Gasteiger partial charge in [-0.3, -0.25) is 9.59 Å². The topological polar surface area (TPSA) is 131 Å². The lowest BCUT2D eigenvalue weighted by Crippen LogP contribution is -2.41. The molecule has 2 N–H and O–H groups in total. The van der Waals surface area contributed by atoms with Crippen molar-refractivity contribution in [3.05, 3.63) is 29.8 Å². The Labute approximate surface area is 174 Å². The molecule has 1 heterocycles. The molecule has 0 saturated carbocycles. The van der Waals surface area contributed by atoms with Crippen molar-refractivity contribution >= 4 is 23.8 Å². The Bertz CT molecular complexity index is 765. The van der Waals surface area contributed by atoms with Crippen LogP contribution >= 0.6 is 0 Å². The van der Waals surface area contributed by atoms with E-state index in [9.17, 15) is 19.2 Å². The molecule has 164 valence electrons. The van der Waals surface area contributed by atoms with E-state index in [2.05, 4.69) is 5.32 Å². The van der Waals surface area contributed by atoms with Crippen molar-refractivity contribution in [2.24, 2.45) is 0 Å². The van der Waals surface area contributed by atoms with Crippen molar-refractivity contribution in [3.63, 3.8) is 0 Å². The molecule has 2 atom stereocenters. The molecule has 1 aromatic rings. The van der Waals surface area contributed by atoms with Crippen molar-refractivity contribution in [3.8, 4) is 5.75 Å². The monoisotopic (exact) mass is 422 g/mol. The van der Waals surface area contributed by atoms with Crippen LogP contribution < -0.4 is 10.1 Å². The highest BCUT2D eigenvalue weighted by Gasteiger charge is 2.27. The molecule has 1 aromatic carbocycles. The van der Waals surface area contributed by atoms with E-state index in [1.165, 1.54) is 4.90 Å². The Balaban J connectivity index is 1.76. The van der Waals surface area contributed by atoms with Crippen molar-refractivity contribution in [1.29, 1.82) is 0 Å². The molecule has 0 aliphatic carbocycles. The number of esters is 1. The van der Waals surface area contributed by atoms with Crippen molar-refractivity contribution in [2.45, 2.75) is 32.4 Å². The zero-order valence-corrected chi connectivity index (χ0v) is 17.0. The maximum atomic E-state index is 12.5. The van der Waals surface area contributed by atoms with Crippen LogP contribution in [0.5, 0.6) is 5.75 Å². The van der Waals surface area contributed by atoms with Crippen LogP contribution in [0.1, 0.15) is 30.6 Å². The van der Waals surface area contributed by atoms with Gasteiger partial charge < -0.3 is 29.5 Å². The average Bonchev–Trinajstić information content (AvgIpc) is 3.20. The molecule has 30 heavy (non-hydrogen) atoms. The zero-order chi connectivity index (χ0) is 22.1. The number of likely N-dealkylation sites (tertiary alicyclic amines) is 1. The summed E-state index contributed by atoms with van der Waals surface area (Å²) in [7, 11) is 0. The van der Waals surface area contributed by atoms with Crippen LogP contribution in [0.15, 0.2) is 24.3 Å². The predicted octanol–water partition coefficient (Wildman–Crippen LogP) is 1.08. The van der Waals surface area contributed by atoms with Gasteiger partial charge in [0.2, 0.25) is 5.91 Å². The summed E-state index contributed by atoms with van der Waals surface area (Å²) < 4.78 is 15.5. The van der Waals surface area contributed by atoms with Gasteiger partial charge in [0.15, 0.2) is 12.4 Å². The second kappa shape index (κ2) is 11.1. The number of hydrogen-bond donors (Lipinski definition) is 2. The maximum absolute atomic E-state index is 12.5. The number of benzene rings is 1. The molecule has 2 amide bonds. The number of ether oxygens (including phenoxy) is 3. The number of rotatable bonds is 10. The number of nitrogens with one attached hydrogen (secondary N) is 1. The predicted molar refractivity (Wildman–Crippen MR) is 104 cm³/mol. The van der Waals surface area contributed by atoms with Gasteiger partial charge in [-0.05, 0) is 44.5 Å². The van der Waals surface area contributed by atoms with Crippen molar-refractivity contribution in [2.75, 3.05) is 32.9 Å². The summed E-state index contributed by atoms with van der Waals surface area (Å²) in [5.41, 5.74) is 0.375. The smallest absolute Gasteiger partial charge is 0.407 e. The summed E-state index contributed by atoms with van der Waals surface area (Å²) in [6.45, 7) is 3.65. The molecule has 10 heteroatoms. The molecule has 0 aromatic heterocycles. The standard InChI is InChI=1S/C20H26N2O8/c1-3-28-18(24)12-30-15-6-4-14(5-7-15)19(25)13(2)21-17(23)11-29-16-8-9-22(10-16)20(26)27/h4-7,13,16H,3,8-12H2,1-2H3,(H,21,23)(H,26,27)/t13-,16+/m0/s1. The van der Waals surface area contributed by atoms with Crippen LogP contribution in [0.2, 0.25) is 0 Å². The lowest BCUT2D eigenvalue weighted by atomic mass is 10.1. The summed E-state index contributed by atoms with van der Waals surface area (Å²) in [4.78, 5) is 47.9. The number of Topliss-reactive ketones (excluding diaryl/α,β-unsaturated/α-hetero) is 1. The fraction of sp³-hybridized carbons (Fsp3) is 0.500. The third-order valence-electron chi connectivity index (χ3n) is 4.44. The van der Waals surface area contributed by atoms with E-state index in [0.29, 0.717) is 24.3 Å². The SMILES string of the molecule is CCOC(=O)COc1ccc(C(=O)[C@H](C)NC(=O)CO[C@@H]2CCN(C(=O)O)C2)cc1. The Morgan fingerprint density at radius 1 is 1.20 bits per heavy atom. The summed E-state index contributed by atoms with van der Waals surface area (Å²) >= 11 is 0. The van der Waals surface area contributed by atoms with Gasteiger partial charge in [-0.25, -0.2) is 9.59 Å². The molecule has 2 rings (SSSR count). The minimum absolute atomic E-state index is 0.223. The Hall–Kier alpha value is -3.14. The number of carboxylic acid groups (broad SMARTS) is 1. The van der Waals surface area contributed by atoms with Crippen LogP contribution in [-0.4, -0.2) is 78.8 Å². The van der Waals surface area contributed by atoms with E-state index >= 15 is 0 Å². The van der Waals surface area contributed by atoms with Gasteiger partial charge in [0.05, 0.1) is 25.3 Å². The fourth-order valence-corrected chi connectivity index (χ4v) is 2.89. The van der Waals surface area contributed by atoms with Crippen molar-refractivity contribution < 1.29 is 38.5 Å². The molecule has 1 aliphatic rings. The van der Waals surface area contributed by atoms with E-state index in [-0.39, 0.29) is 38.3 Å². The molecule has 10 nitrogen and oxygen atoms in total. The van der Waals surface area contributed by atoms with Crippen LogP contribution in [-0.2, 0) is 19.1 Å². The molecule has 0 unspecified atom stereocenters. The second-order valence-electron chi connectivity index (χ2n) is 6.72. The van der Waals surface area contributed by atoms with Crippen LogP contribution in [0.4, 0.5) is 4.79 Å².